The largest absolute Gasteiger partial charge is 0.456 e. The van der Waals surface area contributed by atoms with Crippen LogP contribution in [0, 0.1) is 5.92 Å². The second-order valence-corrected chi connectivity index (χ2v) is 5.49. The van der Waals surface area contributed by atoms with E-state index in [-0.39, 0.29) is 0 Å². The first-order valence-corrected chi connectivity index (χ1v) is 7.05. The van der Waals surface area contributed by atoms with Crippen molar-refractivity contribution in [1.82, 2.24) is 0 Å². The quantitative estimate of drug-likeness (QED) is 0.723. The maximum absolute atomic E-state index is 5.84. The Kier molecular flexibility index (Phi) is 2.47. The Morgan fingerprint density at radius 3 is 2.68 bits per heavy atom. The summed E-state index contributed by atoms with van der Waals surface area (Å²) in [4.78, 5) is 0. The van der Waals surface area contributed by atoms with Crippen LogP contribution in [0.5, 0.6) is 0 Å². The van der Waals surface area contributed by atoms with Crippen molar-refractivity contribution in [1.29, 1.82) is 0 Å². The molecule has 1 aliphatic carbocycles. The van der Waals surface area contributed by atoms with Crippen molar-refractivity contribution in [2.24, 2.45) is 5.92 Å². The van der Waals surface area contributed by atoms with Crippen molar-refractivity contribution < 1.29 is 4.42 Å². The number of rotatable bonds is 3. The van der Waals surface area contributed by atoms with Crippen LogP contribution < -0.4 is 5.32 Å². The van der Waals surface area contributed by atoms with Gasteiger partial charge in [-0.1, -0.05) is 24.6 Å². The Balaban J connectivity index is 1.70. The van der Waals surface area contributed by atoms with E-state index >= 15 is 0 Å². The van der Waals surface area contributed by atoms with E-state index in [0.717, 1.165) is 23.6 Å². The Hall–Kier alpha value is -1.96. The van der Waals surface area contributed by atoms with Gasteiger partial charge in [-0.2, -0.15) is 0 Å². The van der Waals surface area contributed by atoms with E-state index < -0.39 is 0 Å². The smallest absolute Gasteiger partial charge is 0.135 e. The standard InChI is InChI=1S/C17H17NO/c1-2-7-16-14(6-1)15-10-13(8-9-17(15)19-16)18-11-12-4-3-5-12/h1-2,6-10,12,18H,3-5,11H2. The topological polar surface area (TPSA) is 25.2 Å². The normalized spacial score (nSPS) is 15.8. The minimum Gasteiger partial charge on any atom is -0.456 e. The predicted octanol–water partition coefficient (Wildman–Crippen LogP) is 4.80. The van der Waals surface area contributed by atoms with Gasteiger partial charge in [0.15, 0.2) is 0 Å². The maximum atomic E-state index is 5.84. The Morgan fingerprint density at radius 2 is 1.84 bits per heavy atom. The number of anilines is 1. The molecule has 2 heteroatoms. The average molecular weight is 251 g/mol. The van der Waals surface area contributed by atoms with E-state index in [0.29, 0.717) is 0 Å². The predicted molar refractivity (Wildman–Crippen MR) is 79.6 cm³/mol. The summed E-state index contributed by atoms with van der Waals surface area (Å²) in [6, 6.07) is 14.6. The van der Waals surface area contributed by atoms with Gasteiger partial charge >= 0.3 is 0 Å². The molecule has 1 N–H and O–H groups in total. The number of hydrogen-bond donors (Lipinski definition) is 1. The second-order valence-electron chi connectivity index (χ2n) is 5.49. The minimum absolute atomic E-state index is 0.872. The number of para-hydroxylation sites is 1. The van der Waals surface area contributed by atoms with E-state index in [1.807, 2.05) is 12.1 Å². The fourth-order valence-corrected chi connectivity index (χ4v) is 2.80. The third-order valence-electron chi connectivity index (χ3n) is 4.20. The zero-order valence-electron chi connectivity index (χ0n) is 10.9. The van der Waals surface area contributed by atoms with E-state index in [9.17, 15) is 0 Å². The molecule has 4 rings (SSSR count). The Bertz CT molecular complexity index is 724. The number of hydrogen-bond acceptors (Lipinski definition) is 2. The summed E-state index contributed by atoms with van der Waals surface area (Å²) >= 11 is 0. The van der Waals surface area contributed by atoms with Gasteiger partial charge in [-0.25, -0.2) is 0 Å². The van der Waals surface area contributed by atoms with Crippen molar-refractivity contribution in [2.75, 3.05) is 11.9 Å². The molecule has 1 heterocycles. The monoisotopic (exact) mass is 251 g/mol. The third-order valence-corrected chi connectivity index (χ3v) is 4.20. The molecule has 0 amide bonds. The highest BCUT2D eigenvalue weighted by atomic mass is 16.3. The summed E-state index contributed by atoms with van der Waals surface area (Å²) in [6.07, 6.45) is 4.16. The molecule has 0 bridgehead atoms. The first-order chi connectivity index (χ1) is 9.40. The molecule has 96 valence electrons. The average Bonchev–Trinajstić information content (AvgIpc) is 2.75. The van der Waals surface area contributed by atoms with Gasteiger partial charge in [0, 0.05) is 23.0 Å². The SMILES string of the molecule is c1ccc2c(c1)oc1ccc(NCC3CCC3)cc12. The molecule has 0 spiro atoms. The molecule has 0 radical (unpaired) electrons. The molecule has 1 aromatic heterocycles. The summed E-state index contributed by atoms with van der Waals surface area (Å²) in [6.45, 7) is 1.10. The molecule has 0 atom stereocenters. The van der Waals surface area contributed by atoms with Crippen LogP contribution in [0.15, 0.2) is 46.9 Å². The summed E-state index contributed by atoms with van der Waals surface area (Å²) in [7, 11) is 0. The van der Waals surface area contributed by atoms with Crippen molar-refractivity contribution in [3.63, 3.8) is 0 Å². The third kappa shape index (κ3) is 1.88. The van der Waals surface area contributed by atoms with Gasteiger partial charge in [0.2, 0.25) is 0 Å². The van der Waals surface area contributed by atoms with E-state index in [4.69, 9.17) is 4.42 Å². The molecule has 1 fully saturated rings. The zero-order valence-corrected chi connectivity index (χ0v) is 10.9. The van der Waals surface area contributed by atoms with Gasteiger partial charge in [-0.05, 0) is 43.0 Å². The van der Waals surface area contributed by atoms with Gasteiger partial charge in [-0.3, -0.25) is 0 Å². The Morgan fingerprint density at radius 1 is 1.00 bits per heavy atom. The molecule has 2 aromatic carbocycles. The van der Waals surface area contributed by atoms with Crippen LogP contribution in [0.2, 0.25) is 0 Å². The van der Waals surface area contributed by atoms with Crippen LogP contribution in [-0.4, -0.2) is 6.54 Å². The molecule has 0 aliphatic heterocycles. The summed E-state index contributed by atoms with van der Waals surface area (Å²) < 4.78 is 5.84. The van der Waals surface area contributed by atoms with Crippen LogP contribution in [0.25, 0.3) is 21.9 Å². The molecule has 0 unspecified atom stereocenters. The lowest BCUT2D eigenvalue weighted by molar-refractivity contribution is 0.333. The van der Waals surface area contributed by atoms with Crippen molar-refractivity contribution >= 4 is 27.6 Å². The summed E-state index contributed by atoms with van der Waals surface area (Å²) in [5, 5.41) is 5.95. The first kappa shape index (κ1) is 10.9. The molecular formula is C17H17NO. The van der Waals surface area contributed by atoms with Gasteiger partial charge in [0.05, 0.1) is 0 Å². The van der Waals surface area contributed by atoms with Crippen LogP contribution in [-0.2, 0) is 0 Å². The highest BCUT2D eigenvalue weighted by Gasteiger charge is 2.16. The molecule has 3 aromatic rings. The van der Waals surface area contributed by atoms with Gasteiger partial charge in [-0.15, -0.1) is 0 Å². The Labute approximate surface area is 112 Å². The number of fused-ring (bicyclic) bond motifs is 3. The van der Waals surface area contributed by atoms with Crippen LogP contribution >= 0.6 is 0 Å². The lowest BCUT2D eigenvalue weighted by Gasteiger charge is -2.25. The fourth-order valence-electron chi connectivity index (χ4n) is 2.80. The van der Waals surface area contributed by atoms with Gasteiger partial charge < -0.3 is 9.73 Å². The first-order valence-electron chi connectivity index (χ1n) is 7.05. The lowest BCUT2D eigenvalue weighted by atomic mass is 9.85. The minimum atomic E-state index is 0.872. The number of benzene rings is 2. The highest BCUT2D eigenvalue weighted by molar-refractivity contribution is 6.05. The van der Waals surface area contributed by atoms with Crippen LogP contribution in [0.3, 0.4) is 0 Å². The van der Waals surface area contributed by atoms with Crippen LogP contribution in [0.1, 0.15) is 19.3 Å². The molecule has 19 heavy (non-hydrogen) atoms. The lowest BCUT2D eigenvalue weighted by Crippen LogP contribution is -2.20. The number of furan rings is 1. The zero-order chi connectivity index (χ0) is 12.7. The number of nitrogens with one attached hydrogen (secondary N) is 1. The van der Waals surface area contributed by atoms with Gasteiger partial charge in [0.1, 0.15) is 11.2 Å². The summed E-state index contributed by atoms with van der Waals surface area (Å²) in [5.74, 6) is 0.872. The molecule has 1 saturated carbocycles. The molecule has 1 aliphatic rings. The van der Waals surface area contributed by atoms with Crippen molar-refractivity contribution in [3.8, 4) is 0 Å². The van der Waals surface area contributed by atoms with Gasteiger partial charge in [0.25, 0.3) is 0 Å². The van der Waals surface area contributed by atoms with E-state index in [1.54, 1.807) is 0 Å². The highest BCUT2D eigenvalue weighted by Crippen LogP contribution is 2.31. The summed E-state index contributed by atoms with van der Waals surface area (Å²) in [5.41, 5.74) is 3.13. The maximum Gasteiger partial charge on any atom is 0.135 e. The van der Waals surface area contributed by atoms with Crippen LogP contribution in [0.4, 0.5) is 5.69 Å². The van der Waals surface area contributed by atoms with Crippen molar-refractivity contribution in [2.45, 2.75) is 19.3 Å². The van der Waals surface area contributed by atoms with E-state index in [1.165, 1.54) is 35.7 Å². The fraction of sp³-hybridized carbons (Fsp3) is 0.294. The molecular weight excluding hydrogens is 234 g/mol. The van der Waals surface area contributed by atoms with Crippen molar-refractivity contribution in [3.05, 3.63) is 42.5 Å². The van der Waals surface area contributed by atoms with E-state index in [2.05, 4.69) is 35.6 Å². The molecule has 0 saturated heterocycles. The second kappa shape index (κ2) is 4.30. The molecule has 2 nitrogen and oxygen atoms in total.